The number of nitrogens with zero attached hydrogens (tertiary/aromatic N) is 1. The zero-order chi connectivity index (χ0) is 10.7. The van der Waals surface area contributed by atoms with Crippen molar-refractivity contribution in [1.29, 1.82) is 0 Å². The van der Waals surface area contributed by atoms with E-state index in [1.807, 2.05) is 0 Å². The van der Waals surface area contributed by atoms with Crippen LogP contribution in [0.3, 0.4) is 0 Å². The van der Waals surface area contributed by atoms with Crippen LogP contribution in [0.5, 0.6) is 0 Å². The van der Waals surface area contributed by atoms with Gasteiger partial charge in [0.05, 0.1) is 21.1 Å². The Labute approximate surface area is 83.2 Å². The molecule has 0 aromatic heterocycles. The third kappa shape index (κ3) is 2.96. The summed E-state index contributed by atoms with van der Waals surface area (Å²) in [7, 11) is 6.47. The van der Waals surface area contributed by atoms with Crippen molar-refractivity contribution in [1.82, 2.24) is 0 Å². The number of hydrogen-bond acceptors (Lipinski definition) is 1. The lowest BCUT2D eigenvalue weighted by Crippen LogP contribution is -2.58. The van der Waals surface area contributed by atoms with E-state index in [1.165, 1.54) is 0 Å². The molecule has 0 aliphatic heterocycles. The van der Waals surface area contributed by atoms with Crippen molar-refractivity contribution in [3.05, 3.63) is 0 Å². The third-order valence-electron chi connectivity index (χ3n) is 3.17. The Morgan fingerprint density at radius 3 is 1.54 bits per heavy atom. The molecule has 0 radical (unpaired) electrons. The van der Waals surface area contributed by atoms with E-state index in [0.717, 1.165) is 23.7 Å². The molecule has 0 bridgehead atoms. The zero-order valence-corrected chi connectivity index (χ0v) is 10.1. The molecular weight excluding hydrogens is 162 g/mol. The van der Waals surface area contributed by atoms with Gasteiger partial charge in [-0.3, -0.25) is 0 Å². The predicted molar refractivity (Wildman–Crippen MR) is 57.6 cm³/mol. The van der Waals surface area contributed by atoms with Crippen LogP contribution in [0.15, 0.2) is 0 Å². The van der Waals surface area contributed by atoms with Gasteiger partial charge < -0.3 is 9.59 Å². The quantitative estimate of drug-likeness (QED) is 0.654. The van der Waals surface area contributed by atoms with Crippen molar-refractivity contribution in [2.45, 2.75) is 51.7 Å². The minimum absolute atomic E-state index is 0.336. The van der Waals surface area contributed by atoms with Crippen molar-refractivity contribution >= 4 is 0 Å². The molecule has 0 amide bonds. The minimum atomic E-state index is -0.493. The van der Waals surface area contributed by atoms with Crippen molar-refractivity contribution in [3.63, 3.8) is 0 Å². The third-order valence-corrected chi connectivity index (χ3v) is 3.17. The summed E-state index contributed by atoms with van der Waals surface area (Å²) in [5.41, 5.74) is -0.493. The van der Waals surface area contributed by atoms with E-state index >= 15 is 0 Å². The molecule has 80 valence electrons. The molecule has 0 rings (SSSR count). The summed E-state index contributed by atoms with van der Waals surface area (Å²) >= 11 is 0. The van der Waals surface area contributed by atoms with Gasteiger partial charge in [-0.2, -0.15) is 0 Å². The van der Waals surface area contributed by atoms with Gasteiger partial charge in [0, 0.05) is 0 Å². The largest absolute Gasteiger partial charge is 0.384 e. The minimum Gasteiger partial charge on any atom is -0.384 e. The van der Waals surface area contributed by atoms with Gasteiger partial charge in [-0.05, 0) is 19.3 Å². The molecule has 0 aromatic rings. The fraction of sp³-hybridized carbons (Fsp3) is 1.00. The fourth-order valence-electron chi connectivity index (χ4n) is 2.37. The highest BCUT2D eigenvalue weighted by molar-refractivity contribution is 4.84. The van der Waals surface area contributed by atoms with Crippen LogP contribution in [0, 0.1) is 0 Å². The van der Waals surface area contributed by atoms with Gasteiger partial charge in [-0.1, -0.05) is 20.8 Å². The molecule has 1 N–H and O–H groups in total. The Hall–Kier alpha value is -0.0800. The van der Waals surface area contributed by atoms with Gasteiger partial charge in [0.25, 0.3) is 0 Å². The summed E-state index contributed by atoms with van der Waals surface area (Å²) < 4.78 is 0.842. The molecular formula is C11H26NO+. The first-order valence-corrected chi connectivity index (χ1v) is 5.35. The lowest BCUT2D eigenvalue weighted by Gasteiger charge is -2.43. The zero-order valence-electron chi connectivity index (χ0n) is 10.1. The van der Waals surface area contributed by atoms with E-state index in [1.54, 1.807) is 0 Å². The first-order chi connectivity index (χ1) is 5.81. The summed E-state index contributed by atoms with van der Waals surface area (Å²) in [5, 5.41) is 10.4. The van der Waals surface area contributed by atoms with Gasteiger partial charge in [-0.25, -0.2) is 0 Å². The Bertz CT molecular complexity index is 145. The molecule has 0 aromatic carbocycles. The Morgan fingerprint density at radius 1 is 1.08 bits per heavy atom. The van der Waals surface area contributed by atoms with Crippen molar-refractivity contribution in [2.24, 2.45) is 0 Å². The smallest absolute Gasteiger partial charge is 0.117 e. The number of rotatable bonds is 5. The van der Waals surface area contributed by atoms with Crippen molar-refractivity contribution < 1.29 is 9.59 Å². The SMILES string of the molecule is CCC(C(O)(CC)CC)[N+](C)(C)C. The highest BCUT2D eigenvalue weighted by Gasteiger charge is 2.40. The Balaban J connectivity index is 4.74. The molecule has 0 aliphatic carbocycles. The van der Waals surface area contributed by atoms with Gasteiger partial charge in [0.1, 0.15) is 11.6 Å². The number of hydrogen-bond donors (Lipinski definition) is 1. The summed E-state index contributed by atoms with van der Waals surface area (Å²) in [5.74, 6) is 0. The molecule has 13 heavy (non-hydrogen) atoms. The standard InChI is InChI=1S/C11H26NO/c1-7-10(12(4,5)6)11(13,8-2)9-3/h10,13H,7-9H2,1-6H3/q+1. The maximum Gasteiger partial charge on any atom is 0.117 e. The maximum absolute atomic E-state index is 10.4. The van der Waals surface area contributed by atoms with Gasteiger partial charge in [0.2, 0.25) is 0 Å². The monoisotopic (exact) mass is 188 g/mol. The molecule has 0 fully saturated rings. The molecule has 0 saturated heterocycles. The average Bonchev–Trinajstić information content (AvgIpc) is 2.02. The summed E-state index contributed by atoms with van der Waals surface area (Å²) in [6, 6.07) is 0.336. The number of quaternary nitrogens is 1. The van der Waals surface area contributed by atoms with Crippen LogP contribution in [0.4, 0.5) is 0 Å². The van der Waals surface area contributed by atoms with Crippen LogP contribution in [0.2, 0.25) is 0 Å². The second-order valence-corrected chi connectivity index (χ2v) is 4.85. The van der Waals surface area contributed by atoms with Gasteiger partial charge in [-0.15, -0.1) is 0 Å². The molecule has 2 heteroatoms. The van der Waals surface area contributed by atoms with Crippen LogP contribution in [0.25, 0.3) is 0 Å². The summed E-state index contributed by atoms with van der Waals surface area (Å²) in [6.07, 6.45) is 2.72. The molecule has 0 spiro atoms. The maximum atomic E-state index is 10.4. The topological polar surface area (TPSA) is 20.2 Å². The average molecular weight is 188 g/mol. The molecule has 2 nitrogen and oxygen atoms in total. The van der Waals surface area contributed by atoms with Crippen LogP contribution >= 0.6 is 0 Å². The molecule has 1 atom stereocenters. The van der Waals surface area contributed by atoms with E-state index in [0.29, 0.717) is 6.04 Å². The van der Waals surface area contributed by atoms with Crippen LogP contribution < -0.4 is 0 Å². The molecule has 1 unspecified atom stereocenters. The molecule has 0 aliphatic rings. The molecule has 0 saturated carbocycles. The second-order valence-electron chi connectivity index (χ2n) is 4.85. The second kappa shape index (κ2) is 4.43. The van der Waals surface area contributed by atoms with Crippen LogP contribution in [0.1, 0.15) is 40.0 Å². The van der Waals surface area contributed by atoms with Crippen LogP contribution in [-0.2, 0) is 0 Å². The van der Waals surface area contributed by atoms with Gasteiger partial charge >= 0.3 is 0 Å². The Kier molecular flexibility index (Phi) is 4.40. The summed E-state index contributed by atoms with van der Waals surface area (Å²) in [6.45, 7) is 6.30. The van der Waals surface area contributed by atoms with E-state index < -0.39 is 5.60 Å². The number of likely N-dealkylation sites (N-methyl/N-ethyl adjacent to an activating group) is 1. The highest BCUT2D eigenvalue weighted by atomic mass is 16.3. The lowest BCUT2D eigenvalue weighted by molar-refractivity contribution is -0.904. The lowest BCUT2D eigenvalue weighted by atomic mass is 9.85. The van der Waals surface area contributed by atoms with E-state index in [4.69, 9.17) is 0 Å². The van der Waals surface area contributed by atoms with Crippen molar-refractivity contribution in [3.8, 4) is 0 Å². The first-order valence-electron chi connectivity index (χ1n) is 5.35. The van der Waals surface area contributed by atoms with E-state index in [-0.39, 0.29) is 0 Å². The predicted octanol–water partition coefficient (Wildman–Crippen LogP) is 2.02. The summed E-state index contributed by atoms with van der Waals surface area (Å²) in [4.78, 5) is 0. The number of aliphatic hydroxyl groups is 1. The van der Waals surface area contributed by atoms with E-state index in [9.17, 15) is 5.11 Å². The van der Waals surface area contributed by atoms with Gasteiger partial charge in [0.15, 0.2) is 0 Å². The normalized spacial score (nSPS) is 15.9. The Morgan fingerprint density at radius 2 is 1.46 bits per heavy atom. The fourth-order valence-corrected chi connectivity index (χ4v) is 2.37. The van der Waals surface area contributed by atoms with Crippen LogP contribution in [-0.4, -0.2) is 42.4 Å². The molecule has 0 heterocycles. The van der Waals surface area contributed by atoms with Crippen molar-refractivity contribution in [2.75, 3.05) is 21.1 Å². The first kappa shape index (κ1) is 12.9. The highest BCUT2D eigenvalue weighted by Crippen LogP contribution is 2.27. The van der Waals surface area contributed by atoms with E-state index in [2.05, 4.69) is 41.9 Å².